The van der Waals surface area contributed by atoms with E-state index in [0.717, 1.165) is 89.8 Å². The van der Waals surface area contributed by atoms with Crippen LogP contribution in [0, 0.1) is 0 Å². The van der Waals surface area contributed by atoms with E-state index in [-0.39, 0.29) is 6.04 Å². The summed E-state index contributed by atoms with van der Waals surface area (Å²) in [6, 6.07) is 8.24. The molecule has 1 aromatic rings. The van der Waals surface area contributed by atoms with Crippen LogP contribution in [0.4, 0.5) is 0 Å². The van der Waals surface area contributed by atoms with E-state index in [1.807, 2.05) is 17.0 Å². The standard InChI is InChI=1S/C24H39N5O2/c1-4-25-24(26-13-7-8-21-9-11-22(31-3)12-10-21)29-18-16-27(17-19-29)20(2)23(30)28-14-5-6-15-28/h9-12,20H,4-8,13-19H2,1-3H3,(H,25,26). The molecule has 2 fully saturated rings. The lowest BCUT2D eigenvalue weighted by molar-refractivity contribution is -0.135. The van der Waals surface area contributed by atoms with E-state index in [1.165, 1.54) is 5.56 Å². The van der Waals surface area contributed by atoms with Crippen LogP contribution < -0.4 is 10.1 Å². The predicted octanol–water partition coefficient (Wildman–Crippen LogP) is 2.22. The Morgan fingerprint density at radius 1 is 1.06 bits per heavy atom. The zero-order valence-electron chi connectivity index (χ0n) is 19.5. The monoisotopic (exact) mass is 429 g/mol. The van der Waals surface area contributed by atoms with Gasteiger partial charge < -0.3 is 19.9 Å². The maximum Gasteiger partial charge on any atom is 0.239 e. The molecule has 0 bridgehead atoms. The van der Waals surface area contributed by atoms with E-state index in [2.05, 4.69) is 41.1 Å². The SMILES string of the molecule is CCNC(=NCCCc1ccc(OC)cc1)N1CCN(C(C)C(=O)N2CCCC2)CC1. The molecule has 7 heteroatoms. The lowest BCUT2D eigenvalue weighted by Crippen LogP contribution is -2.57. The van der Waals surface area contributed by atoms with Crippen LogP contribution >= 0.6 is 0 Å². The smallest absolute Gasteiger partial charge is 0.239 e. The molecule has 31 heavy (non-hydrogen) atoms. The number of methoxy groups -OCH3 is 1. The predicted molar refractivity (Wildman–Crippen MR) is 126 cm³/mol. The average Bonchev–Trinajstić information content (AvgIpc) is 3.36. The van der Waals surface area contributed by atoms with Crippen molar-refractivity contribution in [2.45, 2.75) is 45.6 Å². The highest BCUT2D eigenvalue weighted by Crippen LogP contribution is 2.15. The van der Waals surface area contributed by atoms with Gasteiger partial charge in [-0.1, -0.05) is 12.1 Å². The summed E-state index contributed by atoms with van der Waals surface area (Å²) in [6.07, 6.45) is 4.32. The Labute approximate surface area is 187 Å². The third-order valence-electron chi connectivity index (χ3n) is 6.32. The van der Waals surface area contributed by atoms with Gasteiger partial charge in [-0.2, -0.15) is 0 Å². The molecule has 2 saturated heterocycles. The molecule has 1 unspecified atom stereocenters. The van der Waals surface area contributed by atoms with Gasteiger partial charge in [-0.05, 0) is 57.2 Å². The number of aliphatic imine (C=N–C) groups is 1. The van der Waals surface area contributed by atoms with E-state index >= 15 is 0 Å². The maximum absolute atomic E-state index is 12.7. The quantitative estimate of drug-likeness (QED) is 0.390. The number of rotatable bonds is 8. The molecule has 1 atom stereocenters. The fraction of sp³-hybridized carbons (Fsp3) is 0.667. The molecule has 3 rings (SSSR count). The summed E-state index contributed by atoms with van der Waals surface area (Å²) < 4.78 is 5.22. The highest BCUT2D eigenvalue weighted by atomic mass is 16.5. The average molecular weight is 430 g/mol. The number of aryl methyl sites for hydroxylation is 1. The topological polar surface area (TPSA) is 60.4 Å². The first-order valence-electron chi connectivity index (χ1n) is 11.8. The summed E-state index contributed by atoms with van der Waals surface area (Å²) in [6.45, 7) is 11.3. The minimum atomic E-state index is -0.0238. The number of guanidine groups is 1. The van der Waals surface area contributed by atoms with E-state index in [4.69, 9.17) is 9.73 Å². The van der Waals surface area contributed by atoms with Crippen molar-refractivity contribution in [3.63, 3.8) is 0 Å². The minimum Gasteiger partial charge on any atom is -0.497 e. The largest absolute Gasteiger partial charge is 0.497 e. The van der Waals surface area contributed by atoms with Crippen molar-refractivity contribution < 1.29 is 9.53 Å². The second kappa shape index (κ2) is 11.9. The molecule has 0 aliphatic carbocycles. The molecular weight excluding hydrogens is 390 g/mol. The molecule has 0 aromatic heterocycles. The van der Waals surface area contributed by atoms with Gasteiger partial charge in [-0.15, -0.1) is 0 Å². The fourth-order valence-corrected chi connectivity index (χ4v) is 4.37. The number of likely N-dealkylation sites (tertiary alicyclic amines) is 1. The van der Waals surface area contributed by atoms with Gasteiger partial charge in [0.15, 0.2) is 5.96 Å². The van der Waals surface area contributed by atoms with Crippen LogP contribution in [-0.4, -0.2) is 92.1 Å². The Kier molecular flexibility index (Phi) is 9.00. The summed E-state index contributed by atoms with van der Waals surface area (Å²) in [7, 11) is 1.69. The first kappa shape index (κ1) is 23.4. The van der Waals surface area contributed by atoms with E-state index in [0.29, 0.717) is 5.91 Å². The van der Waals surface area contributed by atoms with Gasteiger partial charge in [0.25, 0.3) is 0 Å². The highest BCUT2D eigenvalue weighted by Gasteiger charge is 2.30. The van der Waals surface area contributed by atoms with Gasteiger partial charge in [0.2, 0.25) is 5.91 Å². The molecule has 0 spiro atoms. The van der Waals surface area contributed by atoms with Crippen molar-refractivity contribution in [3.8, 4) is 5.75 Å². The molecule has 172 valence electrons. The summed E-state index contributed by atoms with van der Waals surface area (Å²) in [4.78, 5) is 24.3. The molecular formula is C24H39N5O2. The normalized spacial score (nSPS) is 18.9. The van der Waals surface area contributed by atoms with Gasteiger partial charge in [-0.25, -0.2) is 0 Å². The molecule has 2 aliphatic heterocycles. The van der Waals surface area contributed by atoms with Gasteiger partial charge in [0, 0.05) is 52.4 Å². The van der Waals surface area contributed by atoms with Crippen LogP contribution in [0.1, 0.15) is 38.7 Å². The number of nitrogens with zero attached hydrogens (tertiary/aromatic N) is 4. The Morgan fingerprint density at radius 3 is 2.35 bits per heavy atom. The molecule has 0 radical (unpaired) electrons. The summed E-state index contributed by atoms with van der Waals surface area (Å²) >= 11 is 0. The third kappa shape index (κ3) is 6.60. The van der Waals surface area contributed by atoms with Crippen molar-refractivity contribution in [1.82, 2.24) is 20.0 Å². The summed E-state index contributed by atoms with van der Waals surface area (Å²) in [5.41, 5.74) is 1.31. The Hall–Kier alpha value is -2.28. The third-order valence-corrected chi connectivity index (χ3v) is 6.32. The first-order valence-corrected chi connectivity index (χ1v) is 11.8. The molecule has 2 heterocycles. The van der Waals surface area contributed by atoms with Crippen LogP contribution in [0.25, 0.3) is 0 Å². The lowest BCUT2D eigenvalue weighted by Gasteiger charge is -2.39. The fourth-order valence-electron chi connectivity index (χ4n) is 4.37. The lowest BCUT2D eigenvalue weighted by atomic mass is 10.1. The maximum atomic E-state index is 12.7. The van der Waals surface area contributed by atoms with Crippen LogP contribution in [0.3, 0.4) is 0 Å². The molecule has 1 N–H and O–H groups in total. The Bertz CT molecular complexity index is 707. The summed E-state index contributed by atoms with van der Waals surface area (Å²) in [5.74, 6) is 2.19. The van der Waals surface area contributed by atoms with Crippen LogP contribution in [0.2, 0.25) is 0 Å². The Balaban J connectivity index is 1.45. The molecule has 0 saturated carbocycles. The van der Waals surface area contributed by atoms with E-state index in [9.17, 15) is 4.79 Å². The van der Waals surface area contributed by atoms with Gasteiger partial charge in [-0.3, -0.25) is 14.7 Å². The van der Waals surface area contributed by atoms with Crippen molar-refractivity contribution >= 4 is 11.9 Å². The minimum absolute atomic E-state index is 0.0238. The number of piperazine rings is 1. The van der Waals surface area contributed by atoms with Gasteiger partial charge >= 0.3 is 0 Å². The molecule has 2 aliphatic rings. The van der Waals surface area contributed by atoms with Crippen molar-refractivity contribution in [1.29, 1.82) is 0 Å². The van der Waals surface area contributed by atoms with Crippen LogP contribution in [-0.2, 0) is 11.2 Å². The first-order chi connectivity index (χ1) is 15.1. The van der Waals surface area contributed by atoms with Crippen molar-refractivity contribution in [2.24, 2.45) is 4.99 Å². The Morgan fingerprint density at radius 2 is 1.74 bits per heavy atom. The van der Waals surface area contributed by atoms with Gasteiger partial charge in [0.05, 0.1) is 13.2 Å². The number of carbonyl (C=O) groups excluding carboxylic acids is 1. The van der Waals surface area contributed by atoms with E-state index < -0.39 is 0 Å². The molecule has 7 nitrogen and oxygen atoms in total. The number of ether oxygens (including phenoxy) is 1. The highest BCUT2D eigenvalue weighted by molar-refractivity contribution is 5.82. The summed E-state index contributed by atoms with van der Waals surface area (Å²) in [5, 5.41) is 3.44. The number of carbonyl (C=O) groups is 1. The number of benzene rings is 1. The number of amides is 1. The van der Waals surface area contributed by atoms with Crippen LogP contribution in [0.15, 0.2) is 29.3 Å². The zero-order chi connectivity index (χ0) is 22.1. The second-order valence-electron chi connectivity index (χ2n) is 8.42. The molecule has 1 amide bonds. The second-order valence-corrected chi connectivity index (χ2v) is 8.42. The van der Waals surface area contributed by atoms with Crippen LogP contribution in [0.5, 0.6) is 5.75 Å². The number of hydrogen-bond acceptors (Lipinski definition) is 4. The molecule has 1 aromatic carbocycles. The van der Waals surface area contributed by atoms with Crippen molar-refractivity contribution in [3.05, 3.63) is 29.8 Å². The zero-order valence-corrected chi connectivity index (χ0v) is 19.5. The van der Waals surface area contributed by atoms with Crippen molar-refractivity contribution in [2.75, 3.05) is 59.5 Å². The number of hydrogen-bond donors (Lipinski definition) is 1. The number of nitrogens with one attached hydrogen (secondary N) is 1. The van der Waals surface area contributed by atoms with Gasteiger partial charge in [0.1, 0.15) is 5.75 Å². The van der Waals surface area contributed by atoms with E-state index in [1.54, 1.807) is 7.11 Å².